The SMILES string of the molecule is CC(C)(C)c1ncnc2sc3c(c12)CCCC3.COC. The molecule has 2 heterocycles. The van der Waals surface area contributed by atoms with E-state index < -0.39 is 0 Å². The Morgan fingerprint density at radius 1 is 1.10 bits per heavy atom. The molecule has 0 spiro atoms. The molecule has 110 valence electrons. The van der Waals surface area contributed by atoms with Crippen LogP contribution in [-0.4, -0.2) is 24.2 Å². The summed E-state index contributed by atoms with van der Waals surface area (Å²) in [5.74, 6) is 0. The minimum Gasteiger partial charge on any atom is -0.388 e. The number of ether oxygens (including phenoxy) is 1. The summed E-state index contributed by atoms with van der Waals surface area (Å²) in [7, 11) is 3.25. The molecular formula is C16H24N2OS. The van der Waals surface area contributed by atoms with Gasteiger partial charge in [-0.05, 0) is 31.2 Å². The van der Waals surface area contributed by atoms with Crippen molar-refractivity contribution in [2.45, 2.75) is 51.9 Å². The van der Waals surface area contributed by atoms with Gasteiger partial charge in [0.1, 0.15) is 11.2 Å². The third-order valence-corrected chi connectivity index (χ3v) is 4.66. The molecule has 0 aromatic carbocycles. The Kier molecular flexibility index (Phi) is 4.76. The van der Waals surface area contributed by atoms with E-state index in [1.165, 1.54) is 41.6 Å². The zero-order valence-electron chi connectivity index (χ0n) is 13.1. The maximum Gasteiger partial charge on any atom is 0.127 e. The van der Waals surface area contributed by atoms with Crippen LogP contribution in [0.5, 0.6) is 0 Å². The third kappa shape index (κ3) is 3.01. The Hall–Kier alpha value is -1.00. The van der Waals surface area contributed by atoms with E-state index in [2.05, 4.69) is 35.5 Å². The number of aromatic nitrogens is 2. The zero-order valence-corrected chi connectivity index (χ0v) is 13.9. The Morgan fingerprint density at radius 3 is 2.40 bits per heavy atom. The molecule has 3 nitrogen and oxygen atoms in total. The van der Waals surface area contributed by atoms with Crippen LogP contribution < -0.4 is 0 Å². The highest BCUT2D eigenvalue weighted by Crippen LogP contribution is 2.39. The van der Waals surface area contributed by atoms with Gasteiger partial charge in [0.2, 0.25) is 0 Å². The molecule has 0 radical (unpaired) electrons. The summed E-state index contributed by atoms with van der Waals surface area (Å²) in [4.78, 5) is 11.8. The molecule has 0 aliphatic heterocycles. The van der Waals surface area contributed by atoms with Crippen LogP contribution in [-0.2, 0) is 23.0 Å². The monoisotopic (exact) mass is 292 g/mol. The molecule has 2 aromatic rings. The van der Waals surface area contributed by atoms with E-state index in [0.717, 1.165) is 0 Å². The van der Waals surface area contributed by atoms with E-state index >= 15 is 0 Å². The topological polar surface area (TPSA) is 35.0 Å². The normalized spacial score (nSPS) is 14.7. The Balaban J connectivity index is 0.000000452. The molecule has 0 N–H and O–H groups in total. The van der Waals surface area contributed by atoms with E-state index in [1.807, 2.05) is 11.3 Å². The minimum absolute atomic E-state index is 0.105. The van der Waals surface area contributed by atoms with Gasteiger partial charge in [0.05, 0.1) is 5.69 Å². The molecule has 0 unspecified atom stereocenters. The van der Waals surface area contributed by atoms with Crippen molar-refractivity contribution >= 4 is 21.6 Å². The van der Waals surface area contributed by atoms with Crippen LogP contribution in [0.3, 0.4) is 0 Å². The predicted octanol–water partition coefficient (Wildman–Crippen LogP) is 4.13. The summed E-state index contributed by atoms with van der Waals surface area (Å²) in [5.41, 5.74) is 2.87. The molecule has 1 aliphatic carbocycles. The number of hydrogen-bond acceptors (Lipinski definition) is 4. The molecule has 0 saturated heterocycles. The van der Waals surface area contributed by atoms with Crippen LogP contribution in [0.15, 0.2) is 6.33 Å². The number of rotatable bonds is 0. The van der Waals surface area contributed by atoms with E-state index in [1.54, 1.807) is 31.0 Å². The molecule has 4 heteroatoms. The molecule has 2 aromatic heterocycles. The lowest BCUT2D eigenvalue weighted by Crippen LogP contribution is -2.15. The van der Waals surface area contributed by atoms with Crippen LogP contribution in [0.25, 0.3) is 10.2 Å². The van der Waals surface area contributed by atoms with Crippen molar-refractivity contribution in [3.63, 3.8) is 0 Å². The van der Waals surface area contributed by atoms with Gasteiger partial charge in [-0.3, -0.25) is 0 Å². The average molecular weight is 292 g/mol. The van der Waals surface area contributed by atoms with E-state index in [4.69, 9.17) is 0 Å². The first-order chi connectivity index (χ1) is 9.49. The second kappa shape index (κ2) is 6.19. The van der Waals surface area contributed by atoms with Crippen molar-refractivity contribution in [1.82, 2.24) is 9.97 Å². The average Bonchev–Trinajstić information content (AvgIpc) is 2.76. The van der Waals surface area contributed by atoms with Crippen molar-refractivity contribution in [1.29, 1.82) is 0 Å². The Bertz CT molecular complexity index is 584. The highest BCUT2D eigenvalue weighted by Gasteiger charge is 2.25. The van der Waals surface area contributed by atoms with Gasteiger partial charge in [0.25, 0.3) is 0 Å². The van der Waals surface area contributed by atoms with Gasteiger partial charge < -0.3 is 4.74 Å². The fourth-order valence-corrected chi connectivity index (χ4v) is 3.89. The second-order valence-corrected chi connectivity index (χ2v) is 7.36. The minimum atomic E-state index is 0.105. The van der Waals surface area contributed by atoms with E-state index in [9.17, 15) is 0 Å². The quantitative estimate of drug-likeness (QED) is 0.732. The van der Waals surface area contributed by atoms with Gasteiger partial charge in [0.15, 0.2) is 0 Å². The van der Waals surface area contributed by atoms with Crippen LogP contribution >= 0.6 is 11.3 Å². The molecule has 20 heavy (non-hydrogen) atoms. The summed E-state index contributed by atoms with van der Waals surface area (Å²) in [6.45, 7) is 6.71. The summed E-state index contributed by atoms with van der Waals surface area (Å²) in [5, 5.41) is 1.36. The first kappa shape index (κ1) is 15.4. The first-order valence-electron chi connectivity index (χ1n) is 7.15. The summed E-state index contributed by atoms with van der Waals surface area (Å²) in [6, 6.07) is 0. The molecular weight excluding hydrogens is 268 g/mol. The van der Waals surface area contributed by atoms with Gasteiger partial charge in [0, 0.05) is 29.9 Å². The van der Waals surface area contributed by atoms with Crippen LogP contribution in [0, 0.1) is 0 Å². The fourth-order valence-electron chi connectivity index (χ4n) is 2.66. The van der Waals surface area contributed by atoms with Crippen LogP contribution in [0.4, 0.5) is 0 Å². The van der Waals surface area contributed by atoms with Crippen molar-refractivity contribution in [2.75, 3.05) is 14.2 Å². The number of nitrogens with zero attached hydrogens (tertiary/aromatic N) is 2. The standard InChI is InChI=1S/C14H18N2S.C2H6O/c1-14(2,3)12-11-9-6-4-5-7-10(9)17-13(11)16-8-15-12;1-3-2/h8H,4-7H2,1-3H3;1-2H3. The van der Waals surface area contributed by atoms with E-state index in [-0.39, 0.29) is 5.41 Å². The van der Waals surface area contributed by atoms with Crippen molar-refractivity contribution in [2.24, 2.45) is 0 Å². The maximum atomic E-state index is 4.55. The smallest absolute Gasteiger partial charge is 0.127 e. The molecule has 0 atom stereocenters. The molecule has 1 aliphatic rings. The largest absolute Gasteiger partial charge is 0.388 e. The number of fused-ring (bicyclic) bond motifs is 3. The zero-order chi connectivity index (χ0) is 14.8. The fraction of sp³-hybridized carbons (Fsp3) is 0.625. The molecule has 3 rings (SSSR count). The lowest BCUT2D eigenvalue weighted by molar-refractivity contribution is 0.277. The maximum absolute atomic E-state index is 4.55. The molecule has 0 bridgehead atoms. The third-order valence-electron chi connectivity index (χ3n) is 3.46. The van der Waals surface area contributed by atoms with Gasteiger partial charge in [-0.1, -0.05) is 20.8 Å². The molecule has 0 saturated carbocycles. The number of aryl methyl sites for hydroxylation is 2. The van der Waals surface area contributed by atoms with Gasteiger partial charge in [-0.15, -0.1) is 11.3 Å². The van der Waals surface area contributed by atoms with Crippen molar-refractivity contribution in [3.8, 4) is 0 Å². The second-order valence-electron chi connectivity index (χ2n) is 6.27. The highest BCUT2D eigenvalue weighted by atomic mass is 32.1. The van der Waals surface area contributed by atoms with E-state index in [0.29, 0.717) is 0 Å². The summed E-state index contributed by atoms with van der Waals surface area (Å²) >= 11 is 1.88. The number of methoxy groups -OCH3 is 1. The Morgan fingerprint density at radius 2 is 1.75 bits per heavy atom. The number of hydrogen-bond donors (Lipinski definition) is 0. The Labute approximate surface area is 125 Å². The molecule has 0 amide bonds. The lowest BCUT2D eigenvalue weighted by Gasteiger charge is -2.20. The van der Waals surface area contributed by atoms with Crippen LogP contribution in [0.2, 0.25) is 0 Å². The number of thiophene rings is 1. The van der Waals surface area contributed by atoms with Crippen LogP contribution in [0.1, 0.15) is 49.7 Å². The summed E-state index contributed by atoms with van der Waals surface area (Å²) in [6.07, 6.45) is 6.83. The predicted molar refractivity (Wildman–Crippen MR) is 85.7 cm³/mol. The van der Waals surface area contributed by atoms with Crippen molar-refractivity contribution < 1.29 is 4.74 Å². The van der Waals surface area contributed by atoms with Gasteiger partial charge in [-0.2, -0.15) is 0 Å². The molecule has 0 fully saturated rings. The van der Waals surface area contributed by atoms with Gasteiger partial charge >= 0.3 is 0 Å². The highest BCUT2D eigenvalue weighted by molar-refractivity contribution is 7.18. The lowest BCUT2D eigenvalue weighted by atomic mass is 9.87. The first-order valence-corrected chi connectivity index (χ1v) is 7.96. The van der Waals surface area contributed by atoms with Gasteiger partial charge in [-0.25, -0.2) is 9.97 Å². The summed E-state index contributed by atoms with van der Waals surface area (Å²) < 4.78 is 4.25. The van der Waals surface area contributed by atoms with Crippen molar-refractivity contribution in [3.05, 3.63) is 22.5 Å².